The molecule has 2 N–H and O–H groups in total. The molecular weight excluding hydrogens is 268 g/mol. The van der Waals surface area contributed by atoms with Crippen molar-refractivity contribution in [2.24, 2.45) is 0 Å². The third-order valence-corrected chi connectivity index (χ3v) is 3.13. The summed E-state index contributed by atoms with van der Waals surface area (Å²) in [6.07, 6.45) is 1.08. The lowest BCUT2D eigenvalue weighted by atomic mass is 10.1. The van der Waals surface area contributed by atoms with Gasteiger partial charge in [-0.2, -0.15) is 0 Å². The molecular formula is C15H22N4O2. The average Bonchev–Trinajstić information content (AvgIpc) is 2.95. The van der Waals surface area contributed by atoms with Crippen LogP contribution in [0.5, 0.6) is 5.75 Å². The Morgan fingerprint density at radius 3 is 2.67 bits per heavy atom. The Balaban J connectivity index is 1.90. The third-order valence-electron chi connectivity index (χ3n) is 3.13. The molecule has 1 heterocycles. The van der Waals surface area contributed by atoms with Gasteiger partial charge in [0.05, 0.1) is 19.7 Å². The summed E-state index contributed by atoms with van der Waals surface area (Å²) in [5, 5.41) is 14.4. The van der Waals surface area contributed by atoms with Crippen molar-refractivity contribution in [2.75, 3.05) is 19.0 Å². The van der Waals surface area contributed by atoms with Gasteiger partial charge in [-0.25, -0.2) is 0 Å². The second-order valence-corrected chi connectivity index (χ2v) is 4.82. The van der Waals surface area contributed by atoms with E-state index in [-0.39, 0.29) is 6.04 Å². The lowest BCUT2D eigenvalue weighted by Gasteiger charge is -2.12. The number of hydrogen-bond donors (Lipinski definition) is 2. The van der Waals surface area contributed by atoms with Crippen LogP contribution in [0.3, 0.4) is 0 Å². The topological polar surface area (TPSA) is 72.2 Å². The number of methoxy groups -OCH3 is 1. The van der Waals surface area contributed by atoms with Crippen LogP contribution >= 0.6 is 0 Å². The van der Waals surface area contributed by atoms with E-state index in [0.29, 0.717) is 18.5 Å². The van der Waals surface area contributed by atoms with Gasteiger partial charge in [0, 0.05) is 0 Å². The Morgan fingerprint density at radius 1 is 1.24 bits per heavy atom. The summed E-state index contributed by atoms with van der Waals surface area (Å²) in [7, 11) is 1.66. The molecule has 0 saturated heterocycles. The number of rotatable bonds is 8. The highest BCUT2D eigenvalue weighted by Crippen LogP contribution is 2.20. The molecule has 114 valence electrons. The van der Waals surface area contributed by atoms with Crippen LogP contribution in [0.1, 0.15) is 37.8 Å². The monoisotopic (exact) mass is 290 g/mol. The Bertz CT molecular complexity index is 539. The van der Waals surface area contributed by atoms with Gasteiger partial charge in [-0.1, -0.05) is 24.2 Å². The molecule has 0 saturated carbocycles. The van der Waals surface area contributed by atoms with Crippen LogP contribution in [0.4, 0.5) is 6.01 Å². The second-order valence-electron chi connectivity index (χ2n) is 4.82. The van der Waals surface area contributed by atoms with Crippen molar-refractivity contribution in [3.8, 4) is 5.75 Å². The molecule has 2 aromatic rings. The fraction of sp³-hybridized carbons (Fsp3) is 0.467. The van der Waals surface area contributed by atoms with Crippen LogP contribution in [0.15, 0.2) is 28.7 Å². The van der Waals surface area contributed by atoms with Crippen LogP contribution in [-0.2, 0) is 6.54 Å². The number of aromatic nitrogens is 2. The summed E-state index contributed by atoms with van der Waals surface area (Å²) in [5.74, 6) is 1.43. The van der Waals surface area contributed by atoms with Crippen LogP contribution < -0.4 is 15.4 Å². The maximum atomic E-state index is 5.55. The van der Waals surface area contributed by atoms with Gasteiger partial charge in [-0.3, -0.25) is 0 Å². The summed E-state index contributed by atoms with van der Waals surface area (Å²) in [4.78, 5) is 0. The summed E-state index contributed by atoms with van der Waals surface area (Å²) in [6, 6.07) is 8.40. The number of benzene rings is 1. The molecule has 0 aliphatic carbocycles. The smallest absolute Gasteiger partial charge is 0.315 e. The lowest BCUT2D eigenvalue weighted by molar-refractivity contribution is 0.414. The van der Waals surface area contributed by atoms with E-state index in [1.54, 1.807) is 7.11 Å². The first-order valence-corrected chi connectivity index (χ1v) is 7.16. The summed E-state index contributed by atoms with van der Waals surface area (Å²) >= 11 is 0. The van der Waals surface area contributed by atoms with Gasteiger partial charge in [0.2, 0.25) is 5.89 Å². The largest absolute Gasteiger partial charge is 0.497 e. The molecule has 0 spiro atoms. The molecule has 21 heavy (non-hydrogen) atoms. The Morgan fingerprint density at radius 2 is 2.00 bits per heavy atom. The molecule has 0 radical (unpaired) electrons. The van der Waals surface area contributed by atoms with E-state index in [2.05, 4.69) is 27.8 Å². The van der Waals surface area contributed by atoms with Gasteiger partial charge in [0.15, 0.2) is 0 Å². The number of nitrogens with zero attached hydrogens (tertiary/aromatic N) is 2. The standard InChI is InChI=1S/C15H22N4O2/c1-4-9-16-10-14-18-19-15(21-14)17-11(2)12-5-7-13(20-3)8-6-12/h5-8,11,16H,4,9-10H2,1-3H3,(H,17,19). The van der Waals surface area contributed by atoms with Gasteiger partial charge >= 0.3 is 6.01 Å². The molecule has 0 bridgehead atoms. The van der Waals surface area contributed by atoms with Gasteiger partial charge in [0.1, 0.15) is 5.75 Å². The molecule has 6 heteroatoms. The normalized spacial score (nSPS) is 12.1. The first kappa shape index (κ1) is 15.3. The molecule has 1 unspecified atom stereocenters. The van der Waals surface area contributed by atoms with E-state index in [4.69, 9.17) is 9.15 Å². The Labute approximate surface area is 124 Å². The minimum atomic E-state index is 0.0767. The van der Waals surface area contributed by atoms with Crippen molar-refractivity contribution in [3.63, 3.8) is 0 Å². The second kappa shape index (κ2) is 7.64. The predicted molar refractivity (Wildman–Crippen MR) is 81.3 cm³/mol. The highest BCUT2D eigenvalue weighted by molar-refractivity contribution is 5.33. The van der Waals surface area contributed by atoms with Gasteiger partial charge in [-0.15, -0.1) is 5.10 Å². The van der Waals surface area contributed by atoms with Crippen molar-refractivity contribution in [3.05, 3.63) is 35.7 Å². The molecule has 0 fully saturated rings. The maximum Gasteiger partial charge on any atom is 0.315 e. The predicted octanol–water partition coefficient (Wildman–Crippen LogP) is 2.75. The number of ether oxygens (including phenoxy) is 1. The SMILES string of the molecule is CCCNCc1nnc(NC(C)c2ccc(OC)cc2)o1. The quantitative estimate of drug-likeness (QED) is 0.728. The first-order chi connectivity index (χ1) is 10.2. The summed E-state index contributed by atoms with van der Waals surface area (Å²) in [5.41, 5.74) is 1.12. The number of anilines is 1. The average molecular weight is 290 g/mol. The molecule has 0 aliphatic rings. The molecule has 2 rings (SSSR count). The first-order valence-electron chi connectivity index (χ1n) is 7.16. The van der Waals surface area contributed by atoms with Crippen molar-refractivity contribution < 1.29 is 9.15 Å². The number of nitrogens with one attached hydrogen (secondary N) is 2. The maximum absolute atomic E-state index is 5.55. The molecule has 0 aliphatic heterocycles. The fourth-order valence-corrected chi connectivity index (χ4v) is 1.92. The highest BCUT2D eigenvalue weighted by Gasteiger charge is 2.10. The lowest BCUT2D eigenvalue weighted by Crippen LogP contribution is -2.13. The molecule has 6 nitrogen and oxygen atoms in total. The van der Waals surface area contributed by atoms with Crippen molar-refractivity contribution in [1.29, 1.82) is 0 Å². The summed E-state index contributed by atoms with van der Waals surface area (Å²) < 4.78 is 10.7. The van der Waals surface area contributed by atoms with E-state index >= 15 is 0 Å². The summed E-state index contributed by atoms with van der Waals surface area (Å²) in [6.45, 7) is 5.69. The van der Waals surface area contributed by atoms with E-state index in [1.165, 1.54) is 0 Å². The van der Waals surface area contributed by atoms with Crippen LogP contribution in [-0.4, -0.2) is 23.9 Å². The minimum absolute atomic E-state index is 0.0767. The van der Waals surface area contributed by atoms with E-state index in [9.17, 15) is 0 Å². The van der Waals surface area contributed by atoms with Crippen molar-refractivity contribution >= 4 is 6.01 Å². The minimum Gasteiger partial charge on any atom is -0.497 e. The zero-order valence-corrected chi connectivity index (χ0v) is 12.7. The number of hydrogen-bond acceptors (Lipinski definition) is 6. The van der Waals surface area contributed by atoms with Gasteiger partial charge < -0.3 is 19.8 Å². The van der Waals surface area contributed by atoms with Crippen LogP contribution in [0.25, 0.3) is 0 Å². The van der Waals surface area contributed by atoms with Gasteiger partial charge in [-0.05, 0) is 37.6 Å². The fourth-order valence-electron chi connectivity index (χ4n) is 1.92. The molecule has 0 amide bonds. The third kappa shape index (κ3) is 4.46. The van der Waals surface area contributed by atoms with Crippen LogP contribution in [0.2, 0.25) is 0 Å². The van der Waals surface area contributed by atoms with E-state index in [0.717, 1.165) is 24.3 Å². The zero-order valence-electron chi connectivity index (χ0n) is 12.7. The molecule has 1 aromatic heterocycles. The zero-order chi connectivity index (χ0) is 15.1. The van der Waals surface area contributed by atoms with Crippen molar-refractivity contribution in [1.82, 2.24) is 15.5 Å². The van der Waals surface area contributed by atoms with E-state index < -0.39 is 0 Å². The van der Waals surface area contributed by atoms with Crippen LogP contribution in [0, 0.1) is 0 Å². The Kier molecular flexibility index (Phi) is 5.57. The Hall–Kier alpha value is -2.08. The molecule has 1 aromatic carbocycles. The van der Waals surface area contributed by atoms with Gasteiger partial charge in [0.25, 0.3) is 0 Å². The van der Waals surface area contributed by atoms with Crippen molar-refractivity contribution in [2.45, 2.75) is 32.9 Å². The molecule has 1 atom stereocenters. The van der Waals surface area contributed by atoms with E-state index in [1.807, 2.05) is 31.2 Å². The highest BCUT2D eigenvalue weighted by atomic mass is 16.5.